The second-order valence-electron chi connectivity index (χ2n) is 5.75. The predicted octanol–water partition coefficient (Wildman–Crippen LogP) is 5.83. The quantitative estimate of drug-likeness (QED) is 0.579. The Balaban J connectivity index is 1.73. The third kappa shape index (κ3) is 2.87. The number of anilines is 1. The lowest BCUT2D eigenvalue weighted by Crippen LogP contribution is -2.30. The van der Waals surface area contributed by atoms with Gasteiger partial charge in [-0.15, -0.1) is 23.1 Å². The number of para-hydroxylation sites is 1. The third-order valence-corrected chi connectivity index (χ3v) is 6.56. The maximum atomic E-state index is 14.1. The number of thiophene rings is 1. The van der Waals surface area contributed by atoms with Crippen LogP contribution in [0.3, 0.4) is 0 Å². The van der Waals surface area contributed by atoms with Crippen LogP contribution in [0, 0.1) is 5.82 Å². The molecule has 0 atom stereocenters. The topological polar surface area (TPSA) is 20.3 Å². The molecule has 0 saturated heterocycles. The average Bonchev–Trinajstić information content (AvgIpc) is 3.08. The van der Waals surface area contributed by atoms with E-state index in [-0.39, 0.29) is 11.7 Å². The van der Waals surface area contributed by atoms with Gasteiger partial charge in [-0.25, -0.2) is 4.39 Å². The minimum absolute atomic E-state index is 0.144. The number of thioether (sulfide) groups is 1. The standard InChI is InChI=1S/C20H16FNOS2/c1-2-22(16-9-5-4-8-15(16)21)20(23)18-11-13-12-24-17-10-6-3-7-14(17)19(13)25-18/h3-11H,2,12H2,1H3. The van der Waals surface area contributed by atoms with E-state index in [0.717, 1.165) is 10.6 Å². The first-order chi connectivity index (χ1) is 12.2. The molecule has 1 aliphatic rings. The minimum atomic E-state index is -0.375. The van der Waals surface area contributed by atoms with E-state index in [1.54, 1.807) is 30.0 Å². The molecule has 0 spiro atoms. The zero-order valence-corrected chi connectivity index (χ0v) is 15.3. The summed E-state index contributed by atoms with van der Waals surface area (Å²) in [5.41, 5.74) is 2.70. The number of amides is 1. The molecule has 0 fully saturated rings. The normalized spacial score (nSPS) is 12.4. The van der Waals surface area contributed by atoms with Crippen LogP contribution in [0.5, 0.6) is 0 Å². The van der Waals surface area contributed by atoms with E-state index in [0.29, 0.717) is 17.1 Å². The minimum Gasteiger partial charge on any atom is -0.305 e. The number of carbonyl (C=O) groups excluding carboxylic acids is 1. The van der Waals surface area contributed by atoms with Crippen LogP contribution in [0.2, 0.25) is 0 Å². The molecule has 4 rings (SSSR count). The zero-order chi connectivity index (χ0) is 17.4. The van der Waals surface area contributed by atoms with E-state index < -0.39 is 0 Å². The molecule has 2 aromatic carbocycles. The Bertz CT molecular complexity index is 950. The van der Waals surface area contributed by atoms with Gasteiger partial charge in [0.1, 0.15) is 5.82 Å². The molecule has 0 saturated carbocycles. The molecular formula is C20H16FNOS2. The molecule has 1 aliphatic heterocycles. The van der Waals surface area contributed by atoms with Crippen LogP contribution in [0.25, 0.3) is 10.4 Å². The summed E-state index contributed by atoms with van der Waals surface area (Å²) in [6.07, 6.45) is 0. The van der Waals surface area contributed by atoms with E-state index in [1.807, 2.05) is 25.1 Å². The molecule has 5 heteroatoms. The molecule has 0 bridgehead atoms. The molecule has 1 amide bonds. The van der Waals surface area contributed by atoms with Gasteiger partial charge < -0.3 is 4.90 Å². The lowest BCUT2D eigenvalue weighted by Gasteiger charge is -2.20. The maximum Gasteiger partial charge on any atom is 0.268 e. The van der Waals surface area contributed by atoms with Crippen LogP contribution < -0.4 is 4.90 Å². The van der Waals surface area contributed by atoms with Crippen molar-refractivity contribution in [2.45, 2.75) is 17.6 Å². The smallest absolute Gasteiger partial charge is 0.268 e. The van der Waals surface area contributed by atoms with Crippen molar-refractivity contribution in [3.63, 3.8) is 0 Å². The summed E-state index contributed by atoms with van der Waals surface area (Å²) >= 11 is 3.29. The molecule has 0 aliphatic carbocycles. The molecule has 0 unspecified atom stereocenters. The molecule has 2 nitrogen and oxygen atoms in total. The molecule has 0 N–H and O–H groups in total. The van der Waals surface area contributed by atoms with Crippen LogP contribution in [-0.4, -0.2) is 12.5 Å². The van der Waals surface area contributed by atoms with Gasteiger partial charge in [0.05, 0.1) is 10.6 Å². The summed E-state index contributed by atoms with van der Waals surface area (Å²) in [6, 6.07) is 16.7. The highest BCUT2D eigenvalue weighted by Crippen LogP contribution is 2.45. The van der Waals surface area contributed by atoms with Crippen LogP contribution in [0.4, 0.5) is 10.1 Å². The highest BCUT2D eigenvalue weighted by Gasteiger charge is 2.25. The predicted molar refractivity (Wildman–Crippen MR) is 103 cm³/mol. The molecule has 126 valence electrons. The van der Waals surface area contributed by atoms with Crippen LogP contribution in [0.1, 0.15) is 22.2 Å². The first-order valence-electron chi connectivity index (χ1n) is 8.10. The fourth-order valence-electron chi connectivity index (χ4n) is 3.03. The summed E-state index contributed by atoms with van der Waals surface area (Å²) in [5.74, 6) is 0.344. The molecule has 2 heterocycles. The van der Waals surface area contributed by atoms with Gasteiger partial charge in [0.15, 0.2) is 0 Å². The number of carbonyl (C=O) groups is 1. The van der Waals surface area contributed by atoms with Gasteiger partial charge in [0.2, 0.25) is 0 Å². The largest absolute Gasteiger partial charge is 0.305 e. The van der Waals surface area contributed by atoms with Crippen molar-refractivity contribution in [3.8, 4) is 10.4 Å². The van der Waals surface area contributed by atoms with Gasteiger partial charge in [0, 0.05) is 27.6 Å². The van der Waals surface area contributed by atoms with Gasteiger partial charge in [-0.1, -0.05) is 30.3 Å². The van der Waals surface area contributed by atoms with Crippen molar-refractivity contribution in [2.75, 3.05) is 11.4 Å². The number of hydrogen-bond acceptors (Lipinski definition) is 3. The summed E-state index contributed by atoms with van der Waals surface area (Å²) in [7, 11) is 0. The Labute approximate surface area is 154 Å². The first-order valence-corrected chi connectivity index (χ1v) is 9.90. The fraction of sp³-hybridized carbons (Fsp3) is 0.150. The number of fused-ring (bicyclic) bond motifs is 3. The number of rotatable bonds is 3. The Morgan fingerprint density at radius 1 is 1.16 bits per heavy atom. The summed E-state index contributed by atoms with van der Waals surface area (Å²) in [4.78, 5) is 17.6. The van der Waals surface area contributed by atoms with Crippen molar-refractivity contribution < 1.29 is 9.18 Å². The second kappa shape index (κ2) is 6.65. The van der Waals surface area contributed by atoms with Crippen LogP contribution in [-0.2, 0) is 5.75 Å². The van der Waals surface area contributed by atoms with E-state index >= 15 is 0 Å². The first kappa shape index (κ1) is 16.4. The molecule has 1 aromatic heterocycles. The molecule has 25 heavy (non-hydrogen) atoms. The average molecular weight is 369 g/mol. The third-order valence-electron chi connectivity index (χ3n) is 4.24. The zero-order valence-electron chi connectivity index (χ0n) is 13.7. The van der Waals surface area contributed by atoms with E-state index in [4.69, 9.17) is 0 Å². The SMILES string of the molecule is CCN(C(=O)c1cc2c(s1)-c1ccccc1SC2)c1ccccc1F. The summed E-state index contributed by atoms with van der Waals surface area (Å²) in [6.45, 7) is 2.29. The van der Waals surface area contributed by atoms with Gasteiger partial charge in [0.25, 0.3) is 5.91 Å². The van der Waals surface area contributed by atoms with Gasteiger partial charge in [-0.3, -0.25) is 4.79 Å². The van der Waals surface area contributed by atoms with Crippen molar-refractivity contribution >= 4 is 34.7 Å². The van der Waals surface area contributed by atoms with Gasteiger partial charge in [-0.2, -0.15) is 0 Å². The Hall–Kier alpha value is -2.11. The number of benzene rings is 2. The van der Waals surface area contributed by atoms with Crippen LogP contribution >= 0.6 is 23.1 Å². The van der Waals surface area contributed by atoms with Crippen molar-refractivity contribution in [1.82, 2.24) is 0 Å². The maximum absolute atomic E-state index is 14.1. The lowest BCUT2D eigenvalue weighted by atomic mass is 10.1. The lowest BCUT2D eigenvalue weighted by molar-refractivity contribution is 0.0991. The second-order valence-corrected chi connectivity index (χ2v) is 7.82. The van der Waals surface area contributed by atoms with E-state index in [9.17, 15) is 9.18 Å². The Morgan fingerprint density at radius 2 is 1.92 bits per heavy atom. The van der Waals surface area contributed by atoms with Crippen molar-refractivity contribution in [1.29, 1.82) is 0 Å². The Kier molecular flexibility index (Phi) is 4.36. The van der Waals surface area contributed by atoms with Gasteiger partial charge >= 0.3 is 0 Å². The summed E-state index contributed by atoms with van der Waals surface area (Å²) < 4.78 is 14.1. The highest BCUT2D eigenvalue weighted by molar-refractivity contribution is 7.98. The highest BCUT2D eigenvalue weighted by atomic mass is 32.2. The van der Waals surface area contributed by atoms with Gasteiger partial charge in [-0.05, 0) is 36.8 Å². The number of hydrogen-bond donors (Lipinski definition) is 0. The molecule has 3 aromatic rings. The molecule has 0 radical (unpaired) electrons. The van der Waals surface area contributed by atoms with E-state index in [2.05, 4.69) is 12.1 Å². The Morgan fingerprint density at radius 3 is 2.72 bits per heavy atom. The number of halogens is 1. The van der Waals surface area contributed by atoms with E-state index in [1.165, 1.54) is 38.3 Å². The van der Waals surface area contributed by atoms with Crippen molar-refractivity contribution in [3.05, 3.63) is 70.9 Å². The monoisotopic (exact) mass is 369 g/mol. The van der Waals surface area contributed by atoms with Crippen molar-refractivity contribution in [2.24, 2.45) is 0 Å². The molecular weight excluding hydrogens is 353 g/mol. The summed E-state index contributed by atoms with van der Waals surface area (Å²) in [5, 5.41) is 0. The number of nitrogens with zero attached hydrogens (tertiary/aromatic N) is 1. The fourth-order valence-corrected chi connectivity index (χ4v) is 5.40. The van der Waals surface area contributed by atoms with Crippen LogP contribution in [0.15, 0.2) is 59.5 Å².